The van der Waals surface area contributed by atoms with Crippen LogP contribution in [0.15, 0.2) is 58.0 Å². The van der Waals surface area contributed by atoms with E-state index >= 15 is 0 Å². The third kappa shape index (κ3) is 1.93. The summed E-state index contributed by atoms with van der Waals surface area (Å²) in [6, 6.07) is 13.4. The first-order valence-electron chi connectivity index (χ1n) is 5.41. The van der Waals surface area contributed by atoms with Crippen LogP contribution in [0.1, 0.15) is 0 Å². The second-order valence-electron chi connectivity index (χ2n) is 3.74. The fourth-order valence-corrected chi connectivity index (χ4v) is 1.70. The van der Waals surface area contributed by atoms with Crippen LogP contribution in [-0.2, 0) is 0 Å². The van der Waals surface area contributed by atoms with Gasteiger partial charge in [0.15, 0.2) is 5.82 Å². The molecule has 0 aliphatic carbocycles. The number of benzene rings is 1. The van der Waals surface area contributed by atoms with E-state index in [1.807, 2.05) is 36.4 Å². The fourth-order valence-electron chi connectivity index (χ4n) is 1.70. The summed E-state index contributed by atoms with van der Waals surface area (Å²) >= 11 is 0. The fraction of sp³-hybridized carbons (Fsp3) is 0. The van der Waals surface area contributed by atoms with E-state index in [4.69, 9.17) is 0 Å². The molecular formula is C13H9N3O2. The predicted molar refractivity (Wildman–Crippen MR) is 65.8 cm³/mol. The Morgan fingerprint density at radius 1 is 1.06 bits per heavy atom. The molecule has 0 aliphatic rings. The van der Waals surface area contributed by atoms with Crippen molar-refractivity contribution in [3.63, 3.8) is 0 Å². The van der Waals surface area contributed by atoms with Crippen LogP contribution in [0.25, 0.3) is 22.6 Å². The van der Waals surface area contributed by atoms with E-state index in [9.17, 15) is 4.79 Å². The minimum Gasteiger partial charge on any atom is -0.296 e. The molecule has 0 spiro atoms. The number of H-pyrrole nitrogens is 1. The van der Waals surface area contributed by atoms with Crippen molar-refractivity contribution in [2.45, 2.75) is 0 Å². The Labute approximate surface area is 102 Å². The molecule has 18 heavy (non-hydrogen) atoms. The smallest absolute Gasteiger partial charge is 0.296 e. The zero-order valence-electron chi connectivity index (χ0n) is 9.33. The Balaban J connectivity index is 2.07. The topological polar surface area (TPSA) is 71.8 Å². The summed E-state index contributed by atoms with van der Waals surface area (Å²) in [6.07, 6.45) is 1.67. The average molecular weight is 239 g/mol. The molecule has 0 saturated heterocycles. The lowest BCUT2D eigenvalue weighted by molar-refractivity contribution is 0.388. The van der Waals surface area contributed by atoms with Gasteiger partial charge in [0.2, 0.25) is 0 Å². The first-order valence-corrected chi connectivity index (χ1v) is 5.41. The van der Waals surface area contributed by atoms with E-state index in [1.165, 1.54) is 0 Å². The molecule has 5 heteroatoms. The number of nitrogens with one attached hydrogen (secondary N) is 1. The van der Waals surface area contributed by atoms with Gasteiger partial charge < -0.3 is 0 Å². The summed E-state index contributed by atoms with van der Waals surface area (Å²) in [5.41, 5.74) is 2.58. The van der Waals surface area contributed by atoms with Crippen LogP contribution in [0.5, 0.6) is 0 Å². The molecule has 2 aromatic heterocycles. The summed E-state index contributed by atoms with van der Waals surface area (Å²) in [7, 11) is 0. The molecule has 5 nitrogen and oxygen atoms in total. The van der Waals surface area contributed by atoms with Gasteiger partial charge in [0.25, 0.3) is 0 Å². The summed E-state index contributed by atoms with van der Waals surface area (Å²) in [4.78, 5) is 17.7. The molecule has 3 aromatic rings. The van der Waals surface area contributed by atoms with Gasteiger partial charge in [0.1, 0.15) is 0 Å². The lowest BCUT2D eigenvalue weighted by atomic mass is 10.1. The molecule has 2 heterocycles. The van der Waals surface area contributed by atoms with Gasteiger partial charge in [-0.2, -0.15) is 0 Å². The second-order valence-corrected chi connectivity index (χ2v) is 3.74. The molecule has 1 aromatic carbocycles. The van der Waals surface area contributed by atoms with Crippen molar-refractivity contribution in [2.75, 3.05) is 0 Å². The third-order valence-electron chi connectivity index (χ3n) is 2.54. The van der Waals surface area contributed by atoms with E-state index in [-0.39, 0.29) is 0 Å². The van der Waals surface area contributed by atoms with Crippen LogP contribution in [-0.4, -0.2) is 15.1 Å². The van der Waals surface area contributed by atoms with E-state index in [0.717, 1.165) is 16.8 Å². The molecule has 0 bridgehead atoms. The van der Waals surface area contributed by atoms with Crippen molar-refractivity contribution in [1.29, 1.82) is 0 Å². The standard InChI is InChI=1S/C13H9N3O2/c17-13-15-12(16-18-13)10-6-7-14-11(8-10)9-4-2-1-3-5-9/h1-8H,(H,15,16,17). The molecule has 0 unspecified atom stereocenters. The quantitative estimate of drug-likeness (QED) is 0.743. The summed E-state index contributed by atoms with van der Waals surface area (Å²) in [6.45, 7) is 0. The number of nitrogens with zero attached hydrogens (tertiary/aromatic N) is 2. The third-order valence-corrected chi connectivity index (χ3v) is 2.54. The molecule has 0 radical (unpaired) electrons. The molecule has 0 saturated carbocycles. The monoisotopic (exact) mass is 239 g/mol. The normalized spacial score (nSPS) is 10.4. The molecule has 0 fully saturated rings. The number of rotatable bonds is 2. The lowest BCUT2D eigenvalue weighted by Gasteiger charge is -2.01. The first-order chi connectivity index (χ1) is 8.83. The van der Waals surface area contributed by atoms with Crippen molar-refractivity contribution in [2.24, 2.45) is 0 Å². The van der Waals surface area contributed by atoms with E-state index in [1.54, 1.807) is 12.3 Å². The largest absolute Gasteiger partial charge is 0.439 e. The number of hydrogen-bond donors (Lipinski definition) is 1. The zero-order chi connectivity index (χ0) is 12.4. The summed E-state index contributed by atoms with van der Waals surface area (Å²) < 4.78 is 4.48. The number of hydrogen-bond acceptors (Lipinski definition) is 4. The van der Waals surface area contributed by atoms with Gasteiger partial charge in [-0.05, 0) is 12.1 Å². The maximum Gasteiger partial charge on any atom is 0.439 e. The van der Waals surface area contributed by atoms with Gasteiger partial charge in [0.05, 0.1) is 5.69 Å². The Morgan fingerprint density at radius 2 is 1.89 bits per heavy atom. The second kappa shape index (κ2) is 4.29. The Kier molecular flexibility index (Phi) is 2.49. The molecule has 0 aliphatic heterocycles. The number of aromatic nitrogens is 3. The van der Waals surface area contributed by atoms with Crippen molar-refractivity contribution >= 4 is 0 Å². The van der Waals surface area contributed by atoms with Crippen LogP contribution >= 0.6 is 0 Å². The highest BCUT2D eigenvalue weighted by Gasteiger charge is 2.06. The molecule has 88 valence electrons. The molecular weight excluding hydrogens is 230 g/mol. The Hall–Kier alpha value is -2.69. The van der Waals surface area contributed by atoms with Crippen LogP contribution < -0.4 is 5.76 Å². The Morgan fingerprint density at radius 3 is 2.61 bits per heavy atom. The van der Waals surface area contributed by atoms with Gasteiger partial charge in [-0.25, -0.2) is 4.79 Å². The maximum absolute atomic E-state index is 10.9. The lowest BCUT2D eigenvalue weighted by Crippen LogP contribution is -1.95. The molecule has 0 amide bonds. The minimum absolute atomic E-state index is 0.402. The zero-order valence-corrected chi connectivity index (χ0v) is 9.33. The van der Waals surface area contributed by atoms with E-state index in [2.05, 4.69) is 19.6 Å². The highest BCUT2D eigenvalue weighted by molar-refractivity contribution is 5.66. The highest BCUT2D eigenvalue weighted by atomic mass is 16.5. The SMILES string of the molecule is O=c1[nH]c(-c2ccnc(-c3ccccc3)c2)no1. The summed E-state index contributed by atoms with van der Waals surface area (Å²) in [5.74, 6) is -0.164. The van der Waals surface area contributed by atoms with Crippen LogP contribution in [0.2, 0.25) is 0 Å². The maximum atomic E-state index is 10.9. The van der Waals surface area contributed by atoms with Gasteiger partial charge in [-0.3, -0.25) is 14.5 Å². The molecule has 0 atom stereocenters. The van der Waals surface area contributed by atoms with Crippen LogP contribution in [0.3, 0.4) is 0 Å². The van der Waals surface area contributed by atoms with Crippen molar-refractivity contribution < 1.29 is 4.52 Å². The van der Waals surface area contributed by atoms with Crippen LogP contribution in [0, 0.1) is 0 Å². The number of pyridine rings is 1. The Bertz CT molecular complexity index is 716. The van der Waals surface area contributed by atoms with Crippen molar-refractivity contribution in [3.8, 4) is 22.6 Å². The van der Waals surface area contributed by atoms with Gasteiger partial charge in [-0.1, -0.05) is 35.5 Å². The van der Waals surface area contributed by atoms with Gasteiger partial charge >= 0.3 is 5.76 Å². The number of aromatic amines is 1. The predicted octanol–water partition coefficient (Wildman–Crippen LogP) is 2.09. The van der Waals surface area contributed by atoms with Crippen molar-refractivity contribution in [3.05, 3.63) is 59.2 Å². The molecule has 3 rings (SSSR count). The minimum atomic E-state index is -0.567. The first kappa shape index (κ1) is 10.5. The van der Waals surface area contributed by atoms with Crippen LogP contribution in [0.4, 0.5) is 0 Å². The van der Waals surface area contributed by atoms with Gasteiger partial charge in [0, 0.05) is 17.3 Å². The van der Waals surface area contributed by atoms with E-state index < -0.39 is 5.76 Å². The van der Waals surface area contributed by atoms with Crippen molar-refractivity contribution in [1.82, 2.24) is 15.1 Å². The summed E-state index contributed by atoms with van der Waals surface area (Å²) in [5, 5.41) is 3.65. The highest BCUT2D eigenvalue weighted by Crippen LogP contribution is 2.21. The molecule has 1 N–H and O–H groups in total. The van der Waals surface area contributed by atoms with E-state index in [0.29, 0.717) is 5.82 Å². The average Bonchev–Trinajstić information content (AvgIpc) is 2.87. The van der Waals surface area contributed by atoms with Gasteiger partial charge in [-0.15, -0.1) is 0 Å².